The van der Waals surface area contributed by atoms with Gasteiger partial charge in [0.25, 0.3) is 11.5 Å². The average molecular weight is 361 g/mol. The molecule has 8 heteroatoms. The quantitative estimate of drug-likeness (QED) is 0.544. The molecule has 0 saturated heterocycles. The van der Waals surface area contributed by atoms with Crippen LogP contribution >= 0.6 is 0 Å². The molecular weight excluding hydrogens is 346 g/mol. The smallest absolute Gasteiger partial charge is 0.287 e. The molecule has 0 saturated carbocycles. The van der Waals surface area contributed by atoms with Crippen LogP contribution in [0.15, 0.2) is 69.9 Å². The van der Waals surface area contributed by atoms with Crippen molar-refractivity contribution in [2.24, 2.45) is 10.2 Å². The van der Waals surface area contributed by atoms with E-state index in [0.717, 1.165) is 0 Å². The van der Waals surface area contributed by atoms with Gasteiger partial charge in [0.2, 0.25) is 5.88 Å². The molecule has 4 rings (SSSR count). The number of aromatic nitrogens is 3. The molecule has 0 fully saturated rings. The molecule has 2 aromatic heterocycles. The van der Waals surface area contributed by atoms with Crippen molar-refractivity contribution in [3.05, 3.63) is 65.2 Å². The van der Waals surface area contributed by atoms with Crippen molar-refractivity contribution in [3.63, 3.8) is 0 Å². The van der Waals surface area contributed by atoms with Gasteiger partial charge in [-0.15, -0.1) is 10.2 Å². The number of amides is 1. The van der Waals surface area contributed by atoms with E-state index < -0.39 is 11.9 Å². The van der Waals surface area contributed by atoms with Crippen LogP contribution in [0.1, 0.15) is 13.0 Å². The second-order valence-electron chi connectivity index (χ2n) is 6.06. The van der Waals surface area contributed by atoms with Gasteiger partial charge in [-0.1, -0.05) is 30.3 Å². The highest BCUT2D eigenvalue weighted by atomic mass is 16.3. The molecule has 0 radical (unpaired) electrons. The Morgan fingerprint density at radius 1 is 1.15 bits per heavy atom. The fraction of sp³-hybridized carbons (Fsp3) is 0.105. The molecule has 0 unspecified atom stereocenters. The number of H-pyrrole nitrogens is 1. The Balaban J connectivity index is 1.67. The van der Waals surface area contributed by atoms with Crippen LogP contribution in [0, 0.1) is 0 Å². The first kappa shape index (κ1) is 16.6. The van der Waals surface area contributed by atoms with E-state index in [1.54, 1.807) is 49.4 Å². The number of hydrogen-bond acceptors (Lipinski definition) is 5. The van der Waals surface area contributed by atoms with Crippen molar-refractivity contribution in [2.75, 3.05) is 0 Å². The highest BCUT2D eigenvalue weighted by molar-refractivity contribution is 5.94. The molecule has 8 nitrogen and oxygen atoms in total. The summed E-state index contributed by atoms with van der Waals surface area (Å²) in [5, 5.41) is 18.6. The summed E-state index contributed by atoms with van der Waals surface area (Å²) in [7, 11) is 0. The Hall–Kier alpha value is -3.81. The Bertz CT molecular complexity index is 1260. The maximum Gasteiger partial charge on any atom is 0.287 e. The molecule has 0 spiro atoms. The van der Waals surface area contributed by atoms with E-state index in [9.17, 15) is 14.7 Å². The number of nitrogens with zero attached hydrogens (tertiary/aromatic N) is 4. The van der Waals surface area contributed by atoms with Gasteiger partial charge >= 0.3 is 0 Å². The molecule has 2 aromatic carbocycles. The Morgan fingerprint density at radius 3 is 2.67 bits per heavy atom. The van der Waals surface area contributed by atoms with E-state index in [1.807, 2.05) is 6.07 Å². The lowest BCUT2D eigenvalue weighted by molar-refractivity contribution is -0.121. The summed E-state index contributed by atoms with van der Waals surface area (Å²) in [5.74, 6) is -0.802. The molecule has 0 aliphatic rings. The third-order valence-electron chi connectivity index (χ3n) is 4.37. The monoisotopic (exact) mass is 361 g/mol. The van der Waals surface area contributed by atoms with E-state index in [-0.39, 0.29) is 17.1 Å². The number of azo groups is 1. The lowest BCUT2D eigenvalue weighted by Gasteiger charge is -2.11. The predicted molar refractivity (Wildman–Crippen MR) is 100 cm³/mol. The van der Waals surface area contributed by atoms with Gasteiger partial charge in [0.15, 0.2) is 5.69 Å². The number of carbonyl (C=O) groups excluding carboxylic acids is 1. The predicted octanol–water partition coefficient (Wildman–Crippen LogP) is 3.45. The van der Waals surface area contributed by atoms with Crippen molar-refractivity contribution in [1.29, 1.82) is 0 Å². The molecule has 27 heavy (non-hydrogen) atoms. The summed E-state index contributed by atoms with van der Waals surface area (Å²) in [6.07, 6.45) is 1.33. The molecule has 1 amide bonds. The van der Waals surface area contributed by atoms with Gasteiger partial charge in [0.05, 0.1) is 22.7 Å². The van der Waals surface area contributed by atoms with Crippen LogP contribution < -0.4 is 5.56 Å². The second kappa shape index (κ2) is 6.49. The first-order valence-electron chi connectivity index (χ1n) is 8.27. The summed E-state index contributed by atoms with van der Waals surface area (Å²) < 4.78 is 1.22. The summed E-state index contributed by atoms with van der Waals surface area (Å²) in [6, 6.07) is 13.2. The first-order valence-corrected chi connectivity index (χ1v) is 8.27. The normalized spacial score (nSPS) is 12.8. The van der Waals surface area contributed by atoms with E-state index >= 15 is 0 Å². The summed E-state index contributed by atoms with van der Waals surface area (Å²) in [4.78, 5) is 32.0. The number of benzene rings is 2. The van der Waals surface area contributed by atoms with Crippen LogP contribution in [-0.4, -0.2) is 25.5 Å². The zero-order chi connectivity index (χ0) is 19.0. The number of hydrogen-bond donors (Lipinski definition) is 2. The third-order valence-corrected chi connectivity index (χ3v) is 4.37. The van der Waals surface area contributed by atoms with Gasteiger partial charge in [-0.3, -0.25) is 14.2 Å². The second-order valence-corrected chi connectivity index (χ2v) is 6.06. The van der Waals surface area contributed by atoms with E-state index in [2.05, 4.69) is 20.2 Å². The summed E-state index contributed by atoms with van der Waals surface area (Å²) in [6.45, 7) is 1.55. The van der Waals surface area contributed by atoms with Crippen LogP contribution in [0.4, 0.5) is 5.69 Å². The average Bonchev–Trinajstić information content (AvgIpc) is 3.01. The van der Waals surface area contributed by atoms with E-state index in [1.165, 1.54) is 10.9 Å². The SMILES string of the molecule is C[C@@H](C(=O)N=Nc1c(O)[nH]c2ccccc12)n1cnc2ccccc2c1=O. The van der Waals surface area contributed by atoms with Crippen LogP contribution in [0.2, 0.25) is 0 Å². The van der Waals surface area contributed by atoms with Crippen LogP contribution in [0.3, 0.4) is 0 Å². The number of aromatic hydroxyl groups is 1. The number of para-hydroxylation sites is 2. The molecule has 2 heterocycles. The first-order chi connectivity index (χ1) is 13.1. The van der Waals surface area contributed by atoms with Gasteiger partial charge in [-0.05, 0) is 25.1 Å². The lowest BCUT2D eigenvalue weighted by atomic mass is 10.2. The molecule has 0 aliphatic carbocycles. The van der Waals surface area contributed by atoms with Crippen LogP contribution in [0.25, 0.3) is 21.8 Å². The van der Waals surface area contributed by atoms with Gasteiger partial charge in [0.1, 0.15) is 6.04 Å². The molecule has 0 aliphatic heterocycles. The molecule has 2 N–H and O–H groups in total. The number of carbonyl (C=O) groups is 1. The van der Waals surface area contributed by atoms with Crippen molar-refractivity contribution < 1.29 is 9.90 Å². The van der Waals surface area contributed by atoms with Crippen molar-refractivity contribution in [2.45, 2.75) is 13.0 Å². The van der Waals surface area contributed by atoms with E-state index in [0.29, 0.717) is 21.8 Å². The number of rotatable bonds is 3. The van der Waals surface area contributed by atoms with Crippen molar-refractivity contribution >= 4 is 33.4 Å². The Morgan fingerprint density at radius 2 is 1.85 bits per heavy atom. The lowest BCUT2D eigenvalue weighted by Crippen LogP contribution is -2.27. The molecule has 134 valence electrons. The molecule has 4 aromatic rings. The fourth-order valence-corrected chi connectivity index (χ4v) is 2.87. The standard InChI is InChI=1S/C19H15N5O3/c1-11(24-10-20-14-8-4-3-7-13(14)19(24)27)17(25)23-22-16-12-6-2-5-9-15(12)21-18(16)26/h2-11,21,26H,1H3/t11-/m0/s1. The minimum Gasteiger partial charge on any atom is -0.493 e. The van der Waals surface area contributed by atoms with E-state index in [4.69, 9.17) is 0 Å². The zero-order valence-electron chi connectivity index (χ0n) is 14.3. The van der Waals surface area contributed by atoms with Crippen molar-refractivity contribution in [1.82, 2.24) is 14.5 Å². The van der Waals surface area contributed by atoms with Gasteiger partial charge < -0.3 is 10.1 Å². The summed E-state index contributed by atoms with van der Waals surface area (Å²) >= 11 is 0. The Kier molecular flexibility index (Phi) is 4.00. The molecule has 1 atom stereocenters. The van der Waals surface area contributed by atoms with Crippen LogP contribution in [0.5, 0.6) is 5.88 Å². The zero-order valence-corrected chi connectivity index (χ0v) is 14.3. The largest absolute Gasteiger partial charge is 0.493 e. The molecule has 0 bridgehead atoms. The number of aromatic amines is 1. The van der Waals surface area contributed by atoms with Gasteiger partial charge in [-0.2, -0.15) is 0 Å². The highest BCUT2D eigenvalue weighted by Gasteiger charge is 2.18. The van der Waals surface area contributed by atoms with Gasteiger partial charge in [0, 0.05) is 5.39 Å². The maximum absolute atomic E-state index is 12.6. The number of nitrogens with one attached hydrogen (secondary N) is 1. The minimum absolute atomic E-state index is 0.176. The Labute approximate surface area is 152 Å². The van der Waals surface area contributed by atoms with Crippen LogP contribution in [-0.2, 0) is 4.79 Å². The molecular formula is C19H15N5O3. The minimum atomic E-state index is -0.884. The third kappa shape index (κ3) is 2.86. The fourth-order valence-electron chi connectivity index (χ4n) is 2.87. The van der Waals surface area contributed by atoms with Gasteiger partial charge in [-0.25, -0.2) is 4.98 Å². The highest BCUT2D eigenvalue weighted by Crippen LogP contribution is 2.35. The number of fused-ring (bicyclic) bond motifs is 2. The topological polar surface area (TPSA) is 113 Å². The summed E-state index contributed by atoms with van der Waals surface area (Å²) in [5.41, 5.74) is 1.09. The van der Waals surface area contributed by atoms with Crippen molar-refractivity contribution in [3.8, 4) is 5.88 Å². The maximum atomic E-state index is 12.6.